The first kappa shape index (κ1) is 12.7. The van der Waals surface area contributed by atoms with Crippen molar-refractivity contribution in [1.82, 2.24) is 19.9 Å². The van der Waals surface area contributed by atoms with Crippen LogP contribution in [0.15, 0.2) is 18.3 Å². The maximum absolute atomic E-state index is 4.92. The largest absolute Gasteiger partial charge is 0.316 e. The maximum Gasteiger partial charge on any atom is 0.160 e. The van der Waals surface area contributed by atoms with Crippen LogP contribution in [-0.2, 0) is 0 Å². The monoisotopic (exact) mass is 288 g/mol. The molecule has 5 heteroatoms. The summed E-state index contributed by atoms with van der Waals surface area (Å²) in [7, 11) is 0. The third kappa shape index (κ3) is 2.13. The van der Waals surface area contributed by atoms with Crippen LogP contribution in [0, 0.1) is 0 Å². The molecule has 0 amide bonds. The van der Waals surface area contributed by atoms with Crippen LogP contribution in [0.3, 0.4) is 0 Å². The first-order valence-electron chi connectivity index (χ1n) is 7.55. The molecule has 4 heterocycles. The summed E-state index contributed by atoms with van der Waals surface area (Å²) in [6.45, 7) is 2.17. The van der Waals surface area contributed by atoms with Crippen LogP contribution in [0.5, 0.6) is 0 Å². The molecule has 2 saturated heterocycles. The van der Waals surface area contributed by atoms with Crippen molar-refractivity contribution >= 4 is 22.9 Å². The van der Waals surface area contributed by atoms with E-state index in [1.54, 1.807) is 0 Å². The zero-order valence-electron chi connectivity index (χ0n) is 11.6. The summed E-state index contributed by atoms with van der Waals surface area (Å²) in [5, 5.41) is 3.47. The van der Waals surface area contributed by atoms with Crippen molar-refractivity contribution in [1.29, 1.82) is 0 Å². The lowest BCUT2D eigenvalue weighted by atomic mass is 10.1. The third-order valence-electron chi connectivity index (χ3n) is 4.40. The van der Waals surface area contributed by atoms with E-state index in [-0.39, 0.29) is 0 Å². The number of aromatic nitrogens is 3. The molecule has 0 spiro atoms. The van der Waals surface area contributed by atoms with Gasteiger partial charge in [0.15, 0.2) is 5.65 Å². The minimum Gasteiger partial charge on any atom is -0.316 e. The molecule has 106 valence electrons. The number of thioether (sulfide) groups is 1. The van der Waals surface area contributed by atoms with Gasteiger partial charge in [0.25, 0.3) is 0 Å². The van der Waals surface area contributed by atoms with Gasteiger partial charge in [-0.15, -0.1) is 0 Å². The lowest BCUT2D eigenvalue weighted by Gasteiger charge is -2.26. The van der Waals surface area contributed by atoms with Crippen molar-refractivity contribution in [2.75, 3.05) is 24.6 Å². The van der Waals surface area contributed by atoms with E-state index in [4.69, 9.17) is 4.98 Å². The second kappa shape index (κ2) is 5.37. The number of hydrogen-bond donors (Lipinski definition) is 1. The standard InChI is InChI=1S/C15H20N4S/c1-4-13-15(17-6-1)19(12-3-2-8-20-10-12)14(18-13)11-5-7-16-9-11/h1,4,6,11-12,16H,2-3,5,7-10H2. The van der Waals surface area contributed by atoms with Gasteiger partial charge in [-0.2, -0.15) is 11.8 Å². The molecule has 0 aromatic carbocycles. The molecular formula is C15H20N4S. The van der Waals surface area contributed by atoms with Crippen molar-refractivity contribution in [3.8, 4) is 0 Å². The Labute approximate surface area is 123 Å². The molecule has 2 unspecified atom stereocenters. The van der Waals surface area contributed by atoms with E-state index in [1.165, 1.54) is 36.6 Å². The van der Waals surface area contributed by atoms with Gasteiger partial charge in [-0.3, -0.25) is 0 Å². The molecule has 2 fully saturated rings. The average molecular weight is 288 g/mol. The molecule has 4 rings (SSSR count). The highest BCUT2D eigenvalue weighted by Gasteiger charge is 2.28. The Hall–Kier alpha value is -1.07. The van der Waals surface area contributed by atoms with Gasteiger partial charge in [-0.25, -0.2) is 9.97 Å². The smallest absolute Gasteiger partial charge is 0.160 e. The van der Waals surface area contributed by atoms with Gasteiger partial charge in [0.2, 0.25) is 0 Å². The lowest BCUT2D eigenvalue weighted by Crippen LogP contribution is -2.21. The number of pyridine rings is 1. The van der Waals surface area contributed by atoms with E-state index < -0.39 is 0 Å². The maximum atomic E-state index is 4.92. The van der Waals surface area contributed by atoms with Crippen molar-refractivity contribution in [2.45, 2.75) is 31.2 Å². The molecule has 0 aliphatic carbocycles. The second-order valence-electron chi connectivity index (χ2n) is 5.75. The van der Waals surface area contributed by atoms with Crippen LogP contribution in [0.25, 0.3) is 11.2 Å². The fraction of sp³-hybridized carbons (Fsp3) is 0.600. The molecule has 0 bridgehead atoms. The van der Waals surface area contributed by atoms with E-state index in [9.17, 15) is 0 Å². The molecule has 0 radical (unpaired) electrons. The Bertz CT molecular complexity index is 597. The molecule has 0 saturated carbocycles. The summed E-state index contributed by atoms with van der Waals surface area (Å²) in [6.07, 6.45) is 5.67. The Morgan fingerprint density at radius 2 is 2.35 bits per heavy atom. The molecule has 4 nitrogen and oxygen atoms in total. The van der Waals surface area contributed by atoms with E-state index in [0.29, 0.717) is 12.0 Å². The summed E-state index contributed by atoms with van der Waals surface area (Å²) in [5.74, 6) is 4.32. The zero-order valence-corrected chi connectivity index (χ0v) is 12.4. The van der Waals surface area contributed by atoms with E-state index >= 15 is 0 Å². The highest BCUT2D eigenvalue weighted by atomic mass is 32.2. The van der Waals surface area contributed by atoms with Crippen LogP contribution in [0.2, 0.25) is 0 Å². The van der Waals surface area contributed by atoms with E-state index in [1.807, 2.05) is 12.3 Å². The van der Waals surface area contributed by atoms with Crippen LogP contribution in [0.1, 0.15) is 37.0 Å². The van der Waals surface area contributed by atoms with Gasteiger partial charge < -0.3 is 9.88 Å². The van der Waals surface area contributed by atoms with Gasteiger partial charge in [0.05, 0.1) is 0 Å². The van der Waals surface area contributed by atoms with Crippen molar-refractivity contribution in [2.24, 2.45) is 0 Å². The number of imidazole rings is 1. The lowest BCUT2D eigenvalue weighted by molar-refractivity contribution is 0.476. The predicted octanol–water partition coefficient (Wildman–Crippen LogP) is 2.58. The number of nitrogens with zero attached hydrogens (tertiary/aromatic N) is 3. The van der Waals surface area contributed by atoms with E-state index in [2.05, 4.69) is 32.7 Å². The van der Waals surface area contributed by atoms with Crippen molar-refractivity contribution in [3.63, 3.8) is 0 Å². The van der Waals surface area contributed by atoms with Crippen LogP contribution < -0.4 is 5.32 Å². The fourth-order valence-electron chi connectivity index (χ4n) is 3.40. The number of hydrogen-bond acceptors (Lipinski definition) is 4. The molecule has 1 N–H and O–H groups in total. The first-order chi connectivity index (χ1) is 9.93. The molecule has 2 atom stereocenters. The topological polar surface area (TPSA) is 42.7 Å². The minimum atomic E-state index is 0.552. The summed E-state index contributed by atoms with van der Waals surface area (Å²) >= 11 is 2.07. The number of nitrogens with one attached hydrogen (secondary N) is 1. The molecule has 2 aliphatic rings. The summed E-state index contributed by atoms with van der Waals surface area (Å²) in [5.41, 5.74) is 2.15. The second-order valence-corrected chi connectivity index (χ2v) is 6.90. The molecular weight excluding hydrogens is 268 g/mol. The number of rotatable bonds is 2. The number of fused-ring (bicyclic) bond motifs is 1. The molecule has 2 aromatic rings. The van der Waals surface area contributed by atoms with Gasteiger partial charge in [-0.05, 0) is 43.7 Å². The highest BCUT2D eigenvalue weighted by Crippen LogP contribution is 2.34. The highest BCUT2D eigenvalue weighted by molar-refractivity contribution is 7.99. The third-order valence-corrected chi connectivity index (χ3v) is 5.60. The average Bonchev–Trinajstić information content (AvgIpc) is 3.15. The fourth-order valence-corrected chi connectivity index (χ4v) is 4.52. The van der Waals surface area contributed by atoms with E-state index in [0.717, 1.165) is 24.3 Å². The minimum absolute atomic E-state index is 0.552. The summed E-state index contributed by atoms with van der Waals surface area (Å²) in [4.78, 5) is 9.54. The summed E-state index contributed by atoms with van der Waals surface area (Å²) in [6, 6.07) is 4.66. The van der Waals surface area contributed by atoms with Crippen LogP contribution >= 0.6 is 11.8 Å². The molecule has 2 aromatic heterocycles. The SMILES string of the molecule is c1cnc2c(c1)nc(C1CCNC1)n2C1CCCSC1. The van der Waals surface area contributed by atoms with Crippen molar-refractivity contribution < 1.29 is 0 Å². The quantitative estimate of drug-likeness (QED) is 0.922. The van der Waals surface area contributed by atoms with Gasteiger partial charge >= 0.3 is 0 Å². The first-order valence-corrected chi connectivity index (χ1v) is 8.70. The summed E-state index contributed by atoms with van der Waals surface area (Å²) < 4.78 is 2.46. The Morgan fingerprint density at radius 3 is 3.15 bits per heavy atom. The Morgan fingerprint density at radius 1 is 1.35 bits per heavy atom. The molecule has 20 heavy (non-hydrogen) atoms. The zero-order chi connectivity index (χ0) is 13.4. The molecule has 2 aliphatic heterocycles. The van der Waals surface area contributed by atoms with Crippen LogP contribution in [0.4, 0.5) is 0 Å². The normalized spacial score (nSPS) is 27.2. The van der Waals surface area contributed by atoms with Gasteiger partial charge in [-0.1, -0.05) is 0 Å². The van der Waals surface area contributed by atoms with Crippen molar-refractivity contribution in [3.05, 3.63) is 24.2 Å². The Balaban J connectivity index is 1.83. The van der Waals surface area contributed by atoms with Crippen LogP contribution in [-0.4, -0.2) is 39.1 Å². The Kier molecular flexibility index (Phi) is 3.40. The predicted molar refractivity (Wildman–Crippen MR) is 83.4 cm³/mol. The van der Waals surface area contributed by atoms with Gasteiger partial charge in [0.1, 0.15) is 11.3 Å². The van der Waals surface area contributed by atoms with Gasteiger partial charge in [0, 0.05) is 30.5 Å².